The maximum absolute atomic E-state index is 13.8. The van der Waals surface area contributed by atoms with Gasteiger partial charge in [-0.15, -0.1) is 0 Å². The first-order valence-corrected chi connectivity index (χ1v) is 11.9. The van der Waals surface area contributed by atoms with Gasteiger partial charge in [0.1, 0.15) is 17.3 Å². The molecular weight excluding hydrogens is 499 g/mol. The molecule has 8 nitrogen and oxygen atoms in total. The molecule has 10 heteroatoms. The van der Waals surface area contributed by atoms with Gasteiger partial charge in [0.15, 0.2) is 16.6 Å². The second-order valence-corrected chi connectivity index (χ2v) is 9.13. The van der Waals surface area contributed by atoms with Gasteiger partial charge in [0.05, 0.1) is 43.2 Å². The largest absolute Gasteiger partial charge is 0.507 e. The monoisotopic (exact) mass is 520 g/mol. The summed E-state index contributed by atoms with van der Waals surface area (Å²) in [4.78, 5) is 32.5. The van der Waals surface area contributed by atoms with Gasteiger partial charge in [-0.1, -0.05) is 17.4 Å². The second kappa shape index (κ2) is 9.55. The molecule has 0 spiro atoms. The molecule has 1 saturated heterocycles. The number of carbonyl (C=O) groups excluding carboxylic acids is 2. The van der Waals surface area contributed by atoms with E-state index in [4.69, 9.17) is 14.2 Å². The highest BCUT2D eigenvalue weighted by Crippen LogP contribution is 2.46. The van der Waals surface area contributed by atoms with E-state index in [9.17, 15) is 19.1 Å². The van der Waals surface area contributed by atoms with Gasteiger partial charge in [0.25, 0.3) is 5.78 Å². The zero-order valence-corrected chi connectivity index (χ0v) is 20.8. The summed E-state index contributed by atoms with van der Waals surface area (Å²) in [5.74, 6) is -1.14. The van der Waals surface area contributed by atoms with Crippen LogP contribution in [0.3, 0.4) is 0 Å². The van der Waals surface area contributed by atoms with E-state index >= 15 is 0 Å². The number of thiazole rings is 1. The number of Topliss-reactive ketones (excluding diaryl/α,β-unsaturated/α-hetero) is 1. The van der Waals surface area contributed by atoms with Crippen LogP contribution in [0.4, 0.5) is 9.52 Å². The van der Waals surface area contributed by atoms with Crippen LogP contribution in [0.25, 0.3) is 16.0 Å². The standard InChI is InChI=1S/C27H21FN2O6S/c1-34-17-8-4-14(5-9-17)24(31)22-23(15-6-11-19(35-2)20(12-15)36-3)30(26(33)25(22)32)27-29-18-10-7-16(28)13-21(18)37-27/h4-13,23,31H,1-3H3/b24-22+. The van der Waals surface area contributed by atoms with Gasteiger partial charge in [-0.05, 0) is 60.2 Å². The van der Waals surface area contributed by atoms with Gasteiger partial charge in [0.2, 0.25) is 0 Å². The van der Waals surface area contributed by atoms with E-state index in [0.717, 1.165) is 11.3 Å². The van der Waals surface area contributed by atoms with Crippen LogP contribution in [0, 0.1) is 5.82 Å². The predicted octanol–water partition coefficient (Wildman–Crippen LogP) is 5.09. The summed E-state index contributed by atoms with van der Waals surface area (Å²) in [6.45, 7) is 0. The highest BCUT2D eigenvalue weighted by molar-refractivity contribution is 7.22. The number of aromatic nitrogens is 1. The molecule has 1 N–H and O–H groups in total. The Bertz CT molecular complexity index is 1560. The van der Waals surface area contributed by atoms with Crippen molar-refractivity contribution < 1.29 is 33.3 Å². The van der Waals surface area contributed by atoms with Crippen LogP contribution in [0.2, 0.25) is 0 Å². The van der Waals surface area contributed by atoms with Gasteiger partial charge in [-0.25, -0.2) is 9.37 Å². The lowest BCUT2D eigenvalue weighted by Crippen LogP contribution is -2.29. The number of anilines is 1. The van der Waals surface area contributed by atoms with Crippen LogP contribution in [-0.2, 0) is 9.59 Å². The first-order chi connectivity index (χ1) is 17.9. The molecule has 2 heterocycles. The topological polar surface area (TPSA) is 98.2 Å². The first kappa shape index (κ1) is 24.3. The maximum Gasteiger partial charge on any atom is 0.301 e. The van der Waals surface area contributed by atoms with Crippen molar-refractivity contribution in [1.82, 2.24) is 4.98 Å². The summed E-state index contributed by atoms with van der Waals surface area (Å²) in [6, 6.07) is 14.5. The smallest absolute Gasteiger partial charge is 0.301 e. The molecule has 188 valence electrons. The zero-order valence-electron chi connectivity index (χ0n) is 20.0. The number of amides is 1. The lowest BCUT2D eigenvalue weighted by atomic mass is 9.95. The third-order valence-electron chi connectivity index (χ3n) is 6.08. The van der Waals surface area contributed by atoms with Crippen molar-refractivity contribution in [1.29, 1.82) is 0 Å². The second-order valence-electron chi connectivity index (χ2n) is 8.12. The van der Waals surface area contributed by atoms with Crippen molar-refractivity contribution >= 4 is 44.1 Å². The average molecular weight is 521 g/mol. The van der Waals surface area contributed by atoms with Crippen LogP contribution in [0.1, 0.15) is 17.2 Å². The van der Waals surface area contributed by atoms with Gasteiger partial charge < -0.3 is 19.3 Å². The Balaban J connectivity index is 1.73. The zero-order chi connectivity index (χ0) is 26.3. The van der Waals surface area contributed by atoms with Gasteiger partial charge in [0, 0.05) is 5.56 Å². The molecule has 37 heavy (non-hydrogen) atoms. The molecule has 1 atom stereocenters. The number of aliphatic hydroxyl groups is 1. The summed E-state index contributed by atoms with van der Waals surface area (Å²) in [7, 11) is 4.48. The number of ketones is 1. The quantitative estimate of drug-likeness (QED) is 0.215. The average Bonchev–Trinajstić information content (AvgIpc) is 3.45. The van der Waals surface area contributed by atoms with Crippen molar-refractivity contribution in [2.75, 3.05) is 26.2 Å². The Kier molecular flexibility index (Phi) is 6.26. The molecular formula is C27H21FN2O6S. The van der Waals surface area contributed by atoms with Crippen molar-refractivity contribution in [3.05, 3.63) is 83.2 Å². The lowest BCUT2D eigenvalue weighted by Gasteiger charge is -2.23. The maximum atomic E-state index is 13.8. The van der Waals surface area contributed by atoms with Crippen LogP contribution in [-0.4, -0.2) is 43.1 Å². The molecule has 0 bridgehead atoms. The number of ether oxygens (including phenoxy) is 3. The Hall–Kier alpha value is -4.44. The Morgan fingerprint density at radius 1 is 0.946 bits per heavy atom. The molecule has 1 fully saturated rings. The summed E-state index contributed by atoms with van der Waals surface area (Å²) in [5.41, 5.74) is 1.17. The van der Waals surface area contributed by atoms with Gasteiger partial charge in [-0.3, -0.25) is 14.5 Å². The van der Waals surface area contributed by atoms with E-state index < -0.39 is 23.5 Å². The molecule has 0 aliphatic carbocycles. The Labute approximate surface area is 215 Å². The first-order valence-electron chi connectivity index (χ1n) is 11.1. The molecule has 1 unspecified atom stereocenters. The summed E-state index contributed by atoms with van der Waals surface area (Å²) in [5, 5.41) is 11.5. The number of hydrogen-bond donors (Lipinski definition) is 1. The summed E-state index contributed by atoms with van der Waals surface area (Å²) in [6.07, 6.45) is 0. The van der Waals surface area contributed by atoms with Crippen molar-refractivity contribution in [2.24, 2.45) is 0 Å². The van der Waals surface area contributed by atoms with Crippen molar-refractivity contribution in [3.8, 4) is 17.2 Å². The Morgan fingerprint density at radius 3 is 2.35 bits per heavy atom. The minimum atomic E-state index is -1.03. The molecule has 3 aromatic carbocycles. The normalized spacial score (nSPS) is 16.9. The molecule has 1 aliphatic rings. The molecule has 1 aliphatic heterocycles. The van der Waals surface area contributed by atoms with E-state index in [1.165, 1.54) is 44.4 Å². The highest BCUT2D eigenvalue weighted by Gasteiger charge is 2.48. The van der Waals surface area contributed by atoms with Crippen LogP contribution >= 0.6 is 11.3 Å². The lowest BCUT2D eigenvalue weighted by molar-refractivity contribution is -0.132. The van der Waals surface area contributed by atoms with E-state index in [0.29, 0.717) is 38.6 Å². The van der Waals surface area contributed by atoms with Crippen LogP contribution in [0.15, 0.2) is 66.2 Å². The number of halogens is 1. The fourth-order valence-electron chi connectivity index (χ4n) is 4.26. The van der Waals surface area contributed by atoms with Crippen molar-refractivity contribution in [3.63, 3.8) is 0 Å². The number of rotatable bonds is 6. The molecule has 0 saturated carbocycles. The number of benzene rings is 3. The predicted molar refractivity (Wildman–Crippen MR) is 137 cm³/mol. The molecule has 5 rings (SSSR count). The van der Waals surface area contributed by atoms with Crippen molar-refractivity contribution in [2.45, 2.75) is 6.04 Å². The number of methoxy groups -OCH3 is 3. The third kappa shape index (κ3) is 4.15. The fraction of sp³-hybridized carbons (Fsp3) is 0.148. The SMILES string of the molecule is COc1ccc(/C(O)=C2\C(=O)C(=O)N(c3nc4ccc(F)cc4s3)C2c2ccc(OC)c(OC)c2)cc1. The van der Waals surface area contributed by atoms with E-state index in [1.807, 2.05) is 0 Å². The van der Waals surface area contributed by atoms with Crippen LogP contribution < -0.4 is 19.1 Å². The summed E-state index contributed by atoms with van der Waals surface area (Å²) >= 11 is 1.07. The summed E-state index contributed by atoms with van der Waals surface area (Å²) < 4.78 is 30.3. The number of hydrogen-bond acceptors (Lipinski definition) is 8. The minimum Gasteiger partial charge on any atom is -0.507 e. The number of carbonyl (C=O) groups is 2. The van der Waals surface area contributed by atoms with Crippen LogP contribution in [0.5, 0.6) is 17.2 Å². The minimum absolute atomic E-state index is 0.118. The number of nitrogens with zero attached hydrogens (tertiary/aromatic N) is 2. The third-order valence-corrected chi connectivity index (χ3v) is 7.09. The van der Waals surface area contributed by atoms with E-state index in [-0.39, 0.29) is 16.5 Å². The molecule has 4 aromatic rings. The number of aliphatic hydroxyl groups excluding tert-OH is 1. The molecule has 0 radical (unpaired) electrons. The van der Waals surface area contributed by atoms with Gasteiger partial charge >= 0.3 is 5.91 Å². The van der Waals surface area contributed by atoms with Gasteiger partial charge in [-0.2, -0.15) is 0 Å². The van der Waals surface area contributed by atoms with E-state index in [2.05, 4.69) is 4.98 Å². The molecule has 1 amide bonds. The van der Waals surface area contributed by atoms with E-state index in [1.54, 1.807) is 42.5 Å². The highest BCUT2D eigenvalue weighted by atomic mass is 32.1. The molecule has 1 aromatic heterocycles. The Morgan fingerprint density at radius 2 is 1.68 bits per heavy atom. The fourth-order valence-corrected chi connectivity index (χ4v) is 5.28. The number of fused-ring (bicyclic) bond motifs is 1.